The van der Waals surface area contributed by atoms with E-state index in [1.807, 2.05) is 26.0 Å². The van der Waals surface area contributed by atoms with Crippen LogP contribution in [-0.4, -0.2) is 18.2 Å². The van der Waals surface area contributed by atoms with Crippen LogP contribution in [0.3, 0.4) is 0 Å². The van der Waals surface area contributed by atoms with Gasteiger partial charge in [-0.25, -0.2) is 0 Å². The smallest absolute Gasteiger partial charge is 0.176 e. The van der Waals surface area contributed by atoms with Crippen LogP contribution in [-0.2, 0) is 14.3 Å². The van der Waals surface area contributed by atoms with Gasteiger partial charge in [0.15, 0.2) is 11.6 Å². The van der Waals surface area contributed by atoms with Crippen molar-refractivity contribution >= 4 is 11.6 Å². The molecule has 2 fully saturated rings. The fourth-order valence-corrected chi connectivity index (χ4v) is 7.43. The molecular weight excluding hydrogens is 372 g/mol. The number of rotatable bonds is 4. The maximum absolute atomic E-state index is 13.5. The van der Waals surface area contributed by atoms with Crippen molar-refractivity contribution in [3.05, 3.63) is 35.1 Å². The van der Waals surface area contributed by atoms with Crippen molar-refractivity contribution in [2.75, 3.05) is 6.61 Å². The lowest BCUT2D eigenvalue weighted by molar-refractivity contribution is -0.141. The van der Waals surface area contributed by atoms with Gasteiger partial charge in [0, 0.05) is 17.3 Å². The third-order valence-electron chi connectivity index (χ3n) is 9.92. The van der Waals surface area contributed by atoms with Crippen molar-refractivity contribution in [3.63, 3.8) is 0 Å². The van der Waals surface area contributed by atoms with Crippen LogP contribution in [0.25, 0.3) is 0 Å². The van der Waals surface area contributed by atoms with E-state index in [0.717, 1.165) is 37.9 Å². The van der Waals surface area contributed by atoms with Crippen LogP contribution >= 0.6 is 0 Å². The van der Waals surface area contributed by atoms with E-state index in [4.69, 9.17) is 4.74 Å². The van der Waals surface area contributed by atoms with E-state index in [9.17, 15) is 9.59 Å². The third-order valence-corrected chi connectivity index (χ3v) is 9.92. The second-order valence-electron chi connectivity index (χ2n) is 11.0. The van der Waals surface area contributed by atoms with Gasteiger partial charge >= 0.3 is 0 Å². The van der Waals surface area contributed by atoms with Gasteiger partial charge in [0.25, 0.3) is 0 Å². The number of Topliss-reactive ketones (excluding diaryl/α,β-unsaturated/α-hetero) is 1. The van der Waals surface area contributed by atoms with Gasteiger partial charge in [0.05, 0.1) is 5.76 Å². The Morgan fingerprint density at radius 1 is 1.27 bits per heavy atom. The van der Waals surface area contributed by atoms with Crippen LogP contribution in [0.2, 0.25) is 0 Å². The van der Waals surface area contributed by atoms with Crippen LogP contribution in [0.5, 0.6) is 0 Å². The fourth-order valence-electron chi connectivity index (χ4n) is 7.43. The summed E-state index contributed by atoms with van der Waals surface area (Å²) in [6.07, 6.45) is 12.2. The molecule has 0 aliphatic heterocycles. The average molecular weight is 411 g/mol. The lowest BCUT2D eigenvalue weighted by Crippen LogP contribution is -2.51. The van der Waals surface area contributed by atoms with E-state index >= 15 is 0 Å². The molecule has 0 aromatic rings. The van der Waals surface area contributed by atoms with Crippen molar-refractivity contribution in [1.29, 1.82) is 0 Å². The first-order valence-electron chi connectivity index (χ1n) is 11.8. The maximum Gasteiger partial charge on any atom is 0.176 e. The minimum atomic E-state index is -0.368. The second-order valence-corrected chi connectivity index (χ2v) is 11.0. The van der Waals surface area contributed by atoms with Crippen molar-refractivity contribution in [1.82, 2.24) is 0 Å². The van der Waals surface area contributed by atoms with Gasteiger partial charge in [-0.3, -0.25) is 9.59 Å². The monoisotopic (exact) mass is 410 g/mol. The summed E-state index contributed by atoms with van der Waals surface area (Å²) in [5, 5.41) is 0. The van der Waals surface area contributed by atoms with E-state index in [-0.39, 0.29) is 28.6 Å². The lowest BCUT2D eigenvalue weighted by Gasteiger charge is -2.55. The number of carbonyl (C=O) groups excluding carboxylic acids is 2. The Kier molecular flexibility index (Phi) is 5.19. The van der Waals surface area contributed by atoms with E-state index in [1.54, 1.807) is 5.57 Å². The van der Waals surface area contributed by atoms with E-state index < -0.39 is 0 Å². The van der Waals surface area contributed by atoms with Crippen LogP contribution in [0.15, 0.2) is 35.1 Å². The Morgan fingerprint density at radius 3 is 2.70 bits per heavy atom. The standard InChI is InChI=1S/C27H38O3/c1-7-18(3)30-16-24(29)27(6)17(2)14-23-21-9-8-19-15-20(28)10-12-25(19,4)22(21)11-13-26(23,27)5/h7,11,15,17,21,23H,8-10,12-14,16H2,1-6H3. The van der Waals surface area contributed by atoms with Crippen LogP contribution in [0.1, 0.15) is 80.1 Å². The highest BCUT2D eigenvalue weighted by Crippen LogP contribution is 2.69. The summed E-state index contributed by atoms with van der Waals surface area (Å²) in [5.74, 6) is 2.78. The molecule has 0 heterocycles. The summed E-state index contributed by atoms with van der Waals surface area (Å²) >= 11 is 0. The molecule has 0 N–H and O–H groups in total. The number of hydrogen-bond donors (Lipinski definition) is 0. The average Bonchev–Trinajstić information content (AvgIpc) is 2.93. The van der Waals surface area contributed by atoms with E-state index in [1.165, 1.54) is 5.57 Å². The summed E-state index contributed by atoms with van der Waals surface area (Å²) in [4.78, 5) is 25.6. The first-order valence-corrected chi connectivity index (χ1v) is 11.8. The predicted molar refractivity (Wildman–Crippen MR) is 120 cm³/mol. The Morgan fingerprint density at radius 2 is 2.00 bits per heavy atom. The molecule has 164 valence electrons. The highest BCUT2D eigenvalue weighted by Gasteiger charge is 2.65. The zero-order valence-electron chi connectivity index (χ0n) is 19.6. The van der Waals surface area contributed by atoms with Crippen molar-refractivity contribution in [2.24, 2.45) is 34.0 Å². The van der Waals surface area contributed by atoms with Crippen LogP contribution in [0.4, 0.5) is 0 Å². The molecule has 4 aliphatic carbocycles. The Labute approximate surface area is 182 Å². The first-order chi connectivity index (χ1) is 14.1. The van der Waals surface area contributed by atoms with Gasteiger partial charge in [-0.2, -0.15) is 0 Å². The highest BCUT2D eigenvalue weighted by molar-refractivity contribution is 5.92. The molecule has 6 unspecified atom stereocenters. The minimum Gasteiger partial charge on any atom is -0.491 e. The topological polar surface area (TPSA) is 43.4 Å². The largest absolute Gasteiger partial charge is 0.491 e. The molecule has 0 aromatic carbocycles. The number of hydrogen-bond acceptors (Lipinski definition) is 3. The van der Waals surface area contributed by atoms with E-state index in [2.05, 4.69) is 33.8 Å². The predicted octanol–water partition coefficient (Wildman–Crippen LogP) is 6.20. The molecule has 4 aliphatic rings. The second kappa shape index (κ2) is 7.21. The van der Waals surface area contributed by atoms with E-state index in [0.29, 0.717) is 30.0 Å². The molecule has 4 rings (SSSR count). The van der Waals surface area contributed by atoms with Crippen molar-refractivity contribution < 1.29 is 14.3 Å². The van der Waals surface area contributed by atoms with Crippen LogP contribution < -0.4 is 0 Å². The number of fused-ring (bicyclic) bond motifs is 5. The summed E-state index contributed by atoms with van der Waals surface area (Å²) in [6, 6.07) is 0. The fraction of sp³-hybridized carbons (Fsp3) is 0.704. The zero-order chi connectivity index (χ0) is 21.9. The van der Waals surface area contributed by atoms with Gasteiger partial charge in [-0.1, -0.05) is 44.9 Å². The molecule has 3 nitrogen and oxygen atoms in total. The molecule has 0 spiro atoms. The highest BCUT2D eigenvalue weighted by atomic mass is 16.5. The number of ether oxygens (including phenoxy) is 1. The van der Waals surface area contributed by atoms with Gasteiger partial charge < -0.3 is 4.74 Å². The Hall–Kier alpha value is -1.64. The molecule has 0 bridgehead atoms. The normalized spacial score (nSPS) is 43.2. The van der Waals surface area contributed by atoms with Gasteiger partial charge in [-0.05, 0) is 81.3 Å². The molecule has 6 atom stereocenters. The first kappa shape index (κ1) is 21.6. The van der Waals surface area contributed by atoms with Gasteiger partial charge in [0.2, 0.25) is 0 Å². The molecule has 0 saturated heterocycles. The lowest BCUT2D eigenvalue weighted by atomic mass is 9.48. The molecule has 0 aromatic heterocycles. The summed E-state index contributed by atoms with van der Waals surface area (Å²) in [6.45, 7) is 13.2. The summed E-state index contributed by atoms with van der Waals surface area (Å²) < 4.78 is 5.76. The number of carbonyl (C=O) groups is 2. The number of ketones is 2. The van der Waals surface area contributed by atoms with Gasteiger partial charge in [-0.15, -0.1) is 0 Å². The van der Waals surface area contributed by atoms with Crippen molar-refractivity contribution in [2.45, 2.75) is 80.1 Å². The Balaban J connectivity index is 1.68. The zero-order valence-corrected chi connectivity index (χ0v) is 19.6. The SMILES string of the molecule is CC=C(C)OCC(=O)C1(C)C(C)CC2C3CCC4=CC(=O)CCC4(C)C3=CCC21C. The number of allylic oxidation sites excluding steroid dienone is 6. The molecule has 30 heavy (non-hydrogen) atoms. The molecule has 0 radical (unpaired) electrons. The molecule has 3 heteroatoms. The Bertz CT molecular complexity index is 861. The van der Waals surface area contributed by atoms with Crippen LogP contribution in [0, 0.1) is 34.0 Å². The minimum absolute atomic E-state index is 0.0348. The van der Waals surface area contributed by atoms with Gasteiger partial charge in [0.1, 0.15) is 6.61 Å². The molecular formula is C27H38O3. The quantitative estimate of drug-likeness (QED) is 0.409. The molecule has 0 amide bonds. The van der Waals surface area contributed by atoms with Crippen molar-refractivity contribution in [3.8, 4) is 0 Å². The molecule has 2 saturated carbocycles. The third kappa shape index (κ3) is 2.83. The summed E-state index contributed by atoms with van der Waals surface area (Å²) in [7, 11) is 0. The maximum atomic E-state index is 13.5. The summed E-state index contributed by atoms with van der Waals surface area (Å²) in [5.41, 5.74) is 2.57.